The van der Waals surface area contributed by atoms with Crippen molar-refractivity contribution in [2.45, 2.75) is 116 Å². The molecule has 0 saturated carbocycles. The quantitative estimate of drug-likeness (QED) is 0.181. The Balaban J connectivity index is 1.76. The lowest BCUT2D eigenvalue weighted by Gasteiger charge is -2.14. The third-order valence-electron chi connectivity index (χ3n) is 7.03. The van der Waals surface area contributed by atoms with Crippen LogP contribution in [0.15, 0.2) is 48.5 Å². The number of unbranched alkanes of at least 4 members (excludes halogenated alkanes) is 14. The zero-order valence-corrected chi connectivity index (χ0v) is 21.7. The van der Waals surface area contributed by atoms with Gasteiger partial charge in [-0.25, -0.2) is 0 Å². The Morgan fingerprint density at radius 1 is 0.353 bits per heavy atom. The van der Waals surface area contributed by atoms with E-state index in [1.165, 1.54) is 125 Å². The first-order valence-corrected chi connectivity index (χ1v) is 14.2. The number of aliphatic hydroxyl groups is 2. The summed E-state index contributed by atoms with van der Waals surface area (Å²) in [5.41, 5.74) is 5.87. The van der Waals surface area contributed by atoms with Crippen molar-refractivity contribution in [2.24, 2.45) is 0 Å². The van der Waals surface area contributed by atoms with Gasteiger partial charge in [0, 0.05) is 13.2 Å². The normalized spacial score (nSPS) is 11.2. The van der Waals surface area contributed by atoms with E-state index in [4.69, 9.17) is 10.2 Å². The first kappa shape index (κ1) is 28.6. The summed E-state index contributed by atoms with van der Waals surface area (Å²) in [5.74, 6) is 0. The van der Waals surface area contributed by atoms with Crippen LogP contribution in [-0.2, 0) is 12.8 Å². The van der Waals surface area contributed by atoms with Gasteiger partial charge in [-0.3, -0.25) is 0 Å². The lowest BCUT2D eigenvalue weighted by Crippen LogP contribution is -1.95. The first-order chi connectivity index (χ1) is 16.9. The van der Waals surface area contributed by atoms with E-state index in [1.54, 1.807) is 0 Å². The summed E-state index contributed by atoms with van der Waals surface area (Å²) in [6, 6.07) is 18.1. The second kappa shape index (κ2) is 19.6. The summed E-state index contributed by atoms with van der Waals surface area (Å²) in [5, 5.41) is 17.7. The predicted octanol–water partition coefficient (Wildman–Crippen LogP) is 8.66. The maximum absolute atomic E-state index is 8.87. The molecule has 2 heteroatoms. The second-order valence-corrected chi connectivity index (χ2v) is 9.92. The number of benzene rings is 2. The molecule has 0 heterocycles. The lowest BCUT2D eigenvalue weighted by atomic mass is 9.90. The molecule has 0 spiro atoms. The standard InChI is InChI=1S/C32H50O2/c33-27-19-11-7-3-1-5-9-13-21-29-23-15-17-25-31(29)32-26-18-16-24-30(32)22-14-10-6-2-4-8-12-20-28-34/h15-18,23-26,33-34H,1-14,19-22,27-28H2. The van der Waals surface area contributed by atoms with Crippen molar-refractivity contribution in [3.05, 3.63) is 59.7 Å². The molecule has 34 heavy (non-hydrogen) atoms. The molecule has 0 unspecified atom stereocenters. The summed E-state index contributed by atoms with van der Waals surface area (Å²) in [6.07, 6.45) is 22.3. The zero-order valence-electron chi connectivity index (χ0n) is 21.7. The van der Waals surface area contributed by atoms with Crippen molar-refractivity contribution >= 4 is 0 Å². The van der Waals surface area contributed by atoms with Gasteiger partial charge in [-0.15, -0.1) is 0 Å². The van der Waals surface area contributed by atoms with Crippen molar-refractivity contribution < 1.29 is 10.2 Å². The summed E-state index contributed by atoms with van der Waals surface area (Å²) < 4.78 is 0. The molecule has 0 bridgehead atoms. The molecule has 2 aromatic rings. The largest absolute Gasteiger partial charge is 0.396 e. The minimum Gasteiger partial charge on any atom is -0.396 e. The van der Waals surface area contributed by atoms with Gasteiger partial charge in [-0.05, 0) is 60.8 Å². The Morgan fingerprint density at radius 2 is 0.647 bits per heavy atom. The van der Waals surface area contributed by atoms with E-state index in [-0.39, 0.29) is 0 Å². The Labute approximate surface area is 209 Å². The minimum atomic E-state index is 0.343. The number of aliphatic hydroxyl groups excluding tert-OH is 2. The minimum absolute atomic E-state index is 0.343. The van der Waals surface area contributed by atoms with Crippen molar-refractivity contribution in [1.82, 2.24) is 0 Å². The summed E-state index contributed by atoms with van der Waals surface area (Å²) in [4.78, 5) is 0. The highest BCUT2D eigenvalue weighted by Crippen LogP contribution is 2.29. The molecule has 190 valence electrons. The van der Waals surface area contributed by atoms with Gasteiger partial charge in [0.1, 0.15) is 0 Å². The van der Waals surface area contributed by atoms with Gasteiger partial charge in [-0.2, -0.15) is 0 Å². The van der Waals surface area contributed by atoms with Gasteiger partial charge in [-0.1, -0.05) is 126 Å². The van der Waals surface area contributed by atoms with Crippen LogP contribution in [0.2, 0.25) is 0 Å². The van der Waals surface area contributed by atoms with Crippen LogP contribution in [0.4, 0.5) is 0 Å². The third-order valence-corrected chi connectivity index (χ3v) is 7.03. The van der Waals surface area contributed by atoms with Crippen LogP contribution < -0.4 is 0 Å². The molecule has 2 N–H and O–H groups in total. The van der Waals surface area contributed by atoms with E-state index in [9.17, 15) is 0 Å². The van der Waals surface area contributed by atoms with Gasteiger partial charge in [0.2, 0.25) is 0 Å². The highest BCUT2D eigenvalue weighted by atomic mass is 16.3. The molecule has 2 nitrogen and oxygen atoms in total. The third kappa shape index (κ3) is 12.2. The maximum atomic E-state index is 8.87. The zero-order chi connectivity index (χ0) is 24.1. The summed E-state index contributed by atoms with van der Waals surface area (Å²) in [6.45, 7) is 0.685. The highest BCUT2D eigenvalue weighted by molar-refractivity contribution is 5.70. The van der Waals surface area contributed by atoms with Crippen molar-refractivity contribution in [2.75, 3.05) is 13.2 Å². The molecule has 0 aliphatic rings. The molecule has 0 amide bonds. The van der Waals surface area contributed by atoms with E-state index in [0.717, 1.165) is 12.8 Å². The number of hydrogen-bond donors (Lipinski definition) is 2. The molecule has 0 aliphatic carbocycles. The molecule has 0 saturated heterocycles. The van der Waals surface area contributed by atoms with Crippen molar-refractivity contribution in [1.29, 1.82) is 0 Å². The van der Waals surface area contributed by atoms with Crippen LogP contribution in [0.25, 0.3) is 11.1 Å². The van der Waals surface area contributed by atoms with Gasteiger partial charge < -0.3 is 10.2 Å². The molecule has 2 aromatic carbocycles. The second-order valence-electron chi connectivity index (χ2n) is 9.92. The van der Waals surface area contributed by atoms with Crippen molar-refractivity contribution in [3.63, 3.8) is 0 Å². The first-order valence-electron chi connectivity index (χ1n) is 14.2. The van der Waals surface area contributed by atoms with Crippen LogP contribution in [0, 0.1) is 0 Å². The average molecular weight is 467 g/mol. The van der Waals surface area contributed by atoms with E-state index >= 15 is 0 Å². The molecule has 0 fully saturated rings. The van der Waals surface area contributed by atoms with E-state index in [0.29, 0.717) is 13.2 Å². The Morgan fingerprint density at radius 3 is 1.00 bits per heavy atom. The van der Waals surface area contributed by atoms with E-state index < -0.39 is 0 Å². The fourth-order valence-corrected chi connectivity index (χ4v) is 4.98. The molecule has 0 aromatic heterocycles. The van der Waals surface area contributed by atoms with E-state index in [1.807, 2.05) is 0 Å². The number of rotatable bonds is 21. The molecule has 0 aliphatic heterocycles. The van der Waals surface area contributed by atoms with E-state index in [2.05, 4.69) is 48.5 Å². The number of hydrogen-bond acceptors (Lipinski definition) is 2. The van der Waals surface area contributed by atoms with Crippen LogP contribution in [0.5, 0.6) is 0 Å². The van der Waals surface area contributed by atoms with Crippen molar-refractivity contribution in [3.8, 4) is 11.1 Å². The van der Waals surface area contributed by atoms with Crippen LogP contribution in [0.1, 0.15) is 114 Å². The topological polar surface area (TPSA) is 40.5 Å². The predicted molar refractivity (Wildman–Crippen MR) is 147 cm³/mol. The summed E-state index contributed by atoms with van der Waals surface area (Å²) >= 11 is 0. The van der Waals surface area contributed by atoms with Crippen LogP contribution in [0.3, 0.4) is 0 Å². The van der Waals surface area contributed by atoms with Gasteiger partial charge in [0.05, 0.1) is 0 Å². The van der Waals surface area contributed by atoms with Gasteiger partial charge in [0.25, 0.3) is 0 Å². The lowest BCUT2D eigenvalue weighted by molar-refractivity contribution is 0.282. The van der Waals surface area contributed by atoms with Gasteiger partial charge in [0.15, 0.2) is 0 Å². The average Bonchev–Trinajstić information content (AvgIpc) is 2.87. The molecule has 0 radical (unpaired) electrons. The van der Waals surface area contributed by atoms with Crippen LogP contribution in [-0.4, -0.2) is 23.4 Å². The Kier molecular flexibility index (Phi) is 16.5. The smallest absolute Gasteiger partial charge is 0.0431 e. The highest BCUT2D eigenvalue weighted by Gasteiger charge is 2.09. The summed E-state index contributed by atoms with van der Waals surface area (Å²) in [7, 11) is 0. The molecular formula is C32H50O2. The fraction of sp³-hybridized carbons (Fsp3) is 0.625. The monoisotopic (exact) mass is 466 g/mol. The molecule has 2 rings (SSSR count). The number of aryl methyl sites for hydroxylation is 2. The fourth-order valence-electron chi connectivity index (χ4n) is 4.98. The van der Waals surface area contributed by atoms with Crippen LogP contribution >= 0.6 is 0 Å². The SMILES string of the molecule is OCCCCCCCCCCc1ccccc1-c1ccccc1CCCCCCCCCCO. The molecular weight excluding hydrogens is 416 g/mol. The van der Waals surface area contributed by atoms with Gasteiger partial charge >= 0.3 is 0 Å². The molecule has 0 atom stereocenters. The maximum Gasteiger partial charge on any atom is 0.0431 e. The Bertz CT molecular complexity index is 676. The Hall–Kier alpha value is -1.64.